The van der Waals surface area contributed by atoms with Crippen LogP contribution >= 0.6 is 11.3 Å². The minimum Gasteiger partial charge on any atom is -0.494 e. The Morgan fingerprint density at radius 1 is 1.10 bits per heavy atom. The lowest BCUT2D eigenvalue weighted by Crippen LogP contribution is -2.17. The van der Waals surface area contributed by atoms with Gasteiger partial charge in [-0.05, 0) is 54.1 Å². The fraction of sp³-hybridized carbons (Fsp3) is 0.222. The molecule has 0 spiro atoms. The van der Waals surface area contributed by atoms with Crippen molar-refractivity contribution in [1.82, 2.24) is 5.32 Å². The van der Waals surface area contributed by atoms with Crippen molar-refractivity contribution < 1.29 is 4.74 Å². The first kappa shape index (κ1) is 14.1. The van der Waals surface area contributed by atoms with Crippen LogP contribution in [0.4, 0.5) is 0 Å². The summed E-state index contributed by atoms with van der Waals surface area (Å²) in [6, 6.07) is 17.2. The normalized spacial score (nSPS) is 12.5. The molecule has 0 aliphatic carbocycles. The molecule has 0 aliphatic heterocycles. The predicted octanol–water partition coefficient (Wildman–Crippen LogP) is 4.61. The van der Waals surface area contributed by atoms with E-state index in [9.17, 15) is 0 Å². The lowest BCUT2D eigenvalue weighted by Gasteiger charge is -2.18. The molecule has 0 radical (unpaired) electrons. The molecule has 1 aromatic heterocycles. The summed E-state index contributed by atoms with van der Waals surface area (Å²) in [4.78, 5) is 0. The van der Waals surface area contributed by atoms with Gasteiger partial charge in [-0.15, -0.1) is 11.3 Å². The van der Waals surface area contributed by atoms with Crippen LogP contribution in [0, 0.1) is 0 Å². The van der Waals surface area contributed by atoms with Crippen LogP contribution in [0.5, 0.6) is 5.75 Å². The SMILES string of the molecule is CCOc1ccc(C(NC)c2cccc3ccsc23)cc1. The third-order valence-corrected chi connectivity index (χ3v) is 4.61. The van der Waals surface area contributed by atoms with Crippen LogP contribution in [0.25, 0.3) is 10.1 Å². The zero-order valence-corrected chi connectivity index (χ0v) is 13.1. The molecule has 21 heavy (non-hydrogen) atoms. The number of benzene rings is 2. The molecule has 0 amide bonds. The second-order valence-electron chi connectivity index (χ2n) is 4.91. The highest BCUT2D eigenvalue weighted by Crippen LogP contribution is 2.32. The fourth-order valence-electron chi connectivity index (χ4n) is 2.67. The van der Waals surface area contributed by atoms with E-state index in [4.69, 9.17) is 4.74 Å². The van der Waals surface area contributed by atoms with Gasteiger partial charge in [0.25, 0.3) is 0 Å². The average Bonchev–Trinajstić information content (AvgIpc) is 2.99. The van der Waals surface area contributed by atoms with Crippen molar-refractivity contribution in [3.63, 3.8) is 0 Å². The molecule has 1 heterocycles. The van der Waals surface area contributed by atoms with E-state index in [-0.39, 0.29) is 6.04 Å². The van der Waals surface area contributed by atoms with Gasteiger partial charge in [0.2, 0.25) is 0 Å². The minimum absolute atomic E-state index is 0.197. The van der Waals surface area contributed by atoms with Gasteiger partial charge in [0.05, 0.1) is 12.6 Å². The molecule has 1 N–H and O–H groups in total. The summed E-state index contributed by atoms with van der Waals surface area (Å²) in [6.07, 6.45) is 0. The molecule has 2 nitrogen and oxygen atoms in total. The Kier molecular flexibility index (Phi) is 4.23. The zero-order chi connectivity index (χ0) is 14.7. The van der Waals surface area contributed by atoms with Gasteiger partial charge in [-0.3, -0.25) is 0 Å². The lowest BCUT2D eigenvalue weighted by atomic mass is 9.98. The molecule has 0 fully saturated rings. The first-order valence-electron chi connectivity index (χ1n) is 7.19. The van der Waals surface area contributed by atoms with E-state index < -0.39 is 0 Å². The number of fused-ring (bicyclic) bond motifs is 1. The number of ether oxygens (including phenoxy) is 1. The number of hydrogen-bond donors (Lipinski definition) is 1. The molecular weight excluding hydrogens is 278 g/mol. The van der Waals surface area contributed by atoms with Crippen LogP contribution in [-0.2, 0) is 0 Å². The second kappa shape index (κ2) is 6.29. The van der Waals surface area contributed by atoms with Gasteiger partial charge >= 0.3 is 0 Å². The standard InChI is InChI=1S/C18H19NOS/c1-3-20-15-9-7-13(8-10-15)17(19-2)16-6-4-5-14-11-12-21-18(14)16/h4-12,17,19H,3H2,1-2H3. The van der Waals surface area contributed by atoms with Crippen molar-refractivity contribution in [1.29, 1.82) is 0 Å². The molecule has 108 valence electrons. The monoisotopic (exact) mass is 297 g/mol. The molecule has 3 rings (SSSR count). The van der Waals surface area contributed by atoms with Crippen molar-refractivity contribution in [2.45, 2.75) is 13.0 Å². The molecule has 0 bridgehead atoms. The molecule has 1 atom stereocenters. The molecule has 0 aliphatic rings. The second-order valence-corrected chi connectivity index (χ2v) is 5.83. The lowest BCUT2D eigenvalue weighted by molar-refractivity contribution is 0.340. The highest BCUT2D eigenvalue weighted by molar-refractivity contribution is 7.17. The average molecular weight is 297 g/mol. The number of rotatable bonds is 5. The largest absolute Gasteiger partial charge is 0.494 e. The number of nitrogens with one attached hydrogen (secondary N) is 1. The third-order valence-electron chi connectivity index (χ3n) is 3.63. The maximum atomic E-state index is 5.52. The Hall–Kier alpha value is -1.84. The van der Waals surface area contributed by atoms with E-state index in [1.54, 1.807) is 11.3 Å². The van der Waals surface area contributed by atoms with Crippen LogP contribution in [-0.4, -0.2) is 13.7 Å². The highest BCUT2D eigenvalue weighted by Gasteiger charge is 2.15. The van der Waals surface area contributed by atoms with Gasteiger partial charge in [0, 0.05) is 4.70 Å². The van der Waals surface area contributed by atoms with E-state index in [0.29, 0.717) is 6.61 Å². The molecule has 0 saturated heterocycles. The van der Waals surface area contributed by atoms with Gasteiger partial charge in [-0.1, -0.05) is 30.3 Å². The van der Waals surface area contributed by atoms with Crippen LogP contribution in [0.2, 0.25) is 0 Å². The maximum absolute atomic E-state index is 5.52. The summed E-state index contributed by atoms with van der Waals surface area (Å²) in [6.45, 7) is 2.70. The Bertz CT molecular complexity index is 717. The summed E-state index contributed by atoms with van der Waals surface area (Å²) in [5.41, 5.74) is 2.58. The third kappa shape index (κ3) is 2.80. The van der Waals surface area contributed by atoms with Gasteiger partial charge in [-0.2, -0.15) is 0 Å². The Labute approximate surface area is 129 Å². The molecular formula is C18H19NOS. The van der Waals surface area contributed by atoms with Gasteiger partial charge in [-0.25, -0.2) is 0 Å². The molecule has 0 saturated carbocycles. The molecule has 3 aromatic rings. The van der Waals surface area contributed by atoms with Crippen LogP contribution in [0.15, 0.2) is 53.9 Å². The Morgan fingerprint density at radius 2 is 1.90 bits per heavy atom. The molecule has 1 unspecified atom stereocenters. The summed E-state index contributed by atoms with van der Waals surface area (Å²) in [5, 5.41) is 6.89. The smallest absolute Gasteiger partial charge is 0.119 e. The summed E-state index contributed by atoms with van der Waals surface area (Å²) in [7, 11) is 2.01. The Balaban J connectivity index is 1.99. The fourth-order valence-corrected chi connectivity index (χ4v) is 3.61. The molecule has 2 aromatic carbocycles. The van der Waals surface area contributed by atoms with Gasteiger partial charge in [0.15, 0.2) is 0 Å². The van der Waals surface area contributed by atoms with Crippen molar-refractivity contribution in [2.75, 3.05) is 13.7 Å². The minimum atomic E-state index is 0.197. The van der Waals surface area contributed by atoms with Crippen LogP contribution < -0.4 is 10.1 Å². The first-order valence-corrected chi connectivity index (χ1v) is 8.07. The van der Waals surface area contributed by atoms with E-state index >= 15 is 0 Å². The van der Waals surface area contributed by atoms with E-state index in [1.807, 2.05) is 26.1 Å². The van der Waals surface area contributed by atoms with Crippen molar-refractivity contribution >= 4 is 21.4 Å². The number of thiophene rings is 1. The summed E-state index contributed by atoms with van der Waals surface area (Å²) in [5.74, 6) is 0.922. The van der Waals surface area contributed by atoms with Crippen molar-refractivity contribution in [3.05, 3.63) is 65.0 Å². The highest BCUT2D eigenvalue weighted by atomic mass is 32.1. The van der Waals surface area contributed by atoms with Crippen molar-refractivity contribution in [2.24, 2.45) is 0 Å². The Morgan fingerprint density at radius 3 is 2.62 bits per heavy atom. The summed E-state index contributed by atoms with van der Waals surface area (Å²) < 4.78 is 6.87. The van der Waals surface area contributed by atoms with Gasteiger partial charge < -0.3 is 10.1 Å². The summed E-state index contributed by atoms with van der Waals surface area (Å²) >= 11 is 1.80. The van der Waals surface area contributed by atoms with Crippen LogP contribution in [0.1, 0.15) is 24.1 Å². The van der Waals surface area contributed by atoms with Crippen LogP contribution in [0.3, 0.4) is 0 Å². The zero-order valence-electron chi connectivity index (χ0n) is 12.3. The van der Waals surface area contributed by atoms with E-state index in [1.165, 1.54) is 21.2 Å². The van der Waals surface area contributed by atoms with E-state index in [0.717, 1.165) is 5.75 Å². The number of hydrogen-bond acceptors (Lipinski definition) is 3. The van der Waals surface area contributed by atoms with Crippen molar-refractivity contribution in [3.8, 4) is 5.75 Å². The van der Waals surface area contributed by atoms with Gasteiger partial charge in [0.1, 0.15) is 5.75 Å². The topological polar surface area (TPSA) is 21.3 Å². The first-order chi connectivity index (χ1) is 10.3. The van der Waals surface area contributed by atoms with E-state index in [2.05, 4.69) is 47.1 Å². The quantitative estimate of drug-likeness (QED) is 0.742. The molecule has 3 heteroatoms. The predicted molar refractivity (Wildman–Crippen MR) is 90.3 cm³/mol. The maximum Gasteiger partial charge on any atom is 0.119 e.